The van der Waals surface area contributed by atoms with Crippen molar-refractivity contribution in [2.75, 3.05) is 83.6 Å². The van der Waals surface area contributed by atoms with Crippen LogP contribution in [0.25, 0.3) is 22.5 Å². The number of anilines is 2. The lowest BCUT2D eigenvalue weighted by atomic mass is 10.1. The molecule has 0 N–H and O–H groups in total. The largest absolute Gasteiger partial charge is 0.496 e. The van der Waals surface area contributed by atoms with Gasteiger partial charge in [0.15, 0.2) is 23.0 Å². The van der Waals surface area contributed by atoms with Crippen molar-refractivity contribution in [1.29, 1.82) is 0 Å². The summed E-state index contributed by atoms with van der Waals surface area (Å²) in [6, 6.07) is 17.1. The van der Waals surface area contributed by atoms with E-state index in [2.05, 4.69) is 14.4 Å². The fourth-order valence-corrected chi connectivity index (χ4v) is 10.4. The summed E-state index contributed by atoms with van der Waals surface area (Å²) in [5.74, 6) is 3.38. The van der Waals surface area contributed by atoms with E-state index in [0.717, 1.165) is 95.6 Å². The summed E-state index contributed by atoms with van der Waals surface area (Å²) in [5, 5.41) is 0.952. The van der Waals surface area contributed by atoms with Gasteiger partial charge in [-0.05, 0) is 94.3 Å². The summed E-state index contributed by atoms with van der Waals surface area (Å²) in [6.45, 7) is 8.47. The van der Waals surface area contributed by atoms with Crippen molar-refractivity contribution in [2.45, 2.75) is 51.6 Å². The normalized spacial score (nSPS) is 15.9. The predicted molar refractivity (Wildman–Crippen MR) is 274 cm³/mol. The quantitative estimate of drug-likeness (QED) is 0.112. The van der Waals surface area contributed by atoms with E-state index in [1.165, 1.54) is 38.5 Å². The Morgan fingerprint density at radius 2 is 0.985 bits per heavy atom. The highest BCUT2D eigenvalue weighted by Gasteiger charge is 2.37. The van der Waals surface area contributed by atoms with Gasteiger partial charge in [0.25, 0.3) is 11.8 Å². The van der Waals surface area contributed by atoms with Gasteiger partial charge < -0.3 is 42.6 Å². The highest BCUT2D eigenvalue weighted by molar-refractivity contribution is 6.44. The Labute approximate surface area is 421 Å². The van der Waals surface area contributed by atoms with Crippen LogP contribution in [-0.4, -0.2) is 105 Å². The summed E-state index contributed by atoms with van der Waals surface area (Å²) in [5.41, 5.74) is 8.71. The SMILES string of the molecule is COc1ccc(N2Cc3c(cc4c(Cl)c(Cl)cn(C)c3-4)C2=O)cc1OCCN1CCCCC1.COc1ccc(N2Cc3c(cc4c(OC)ccn(C)c3-4)C2=O)cc1OCCN1CCCCC1.Cl.Cl. The molecular formula is C51H60Cl4N6O7. The summed E-state index contributed by atoms with van der Waals surface area (Å²) < 4.78 is 32.7. The number of rotatable bonds is 13. The minimum atomic E-state index is -0.0576. The summed E-state index contributed by atoms with van der Waals surface area (Å²) >= 11 is 12.7. The molecule has 0 radical (unpaired) electrons. The predicted octanol–water partition coefficient (Wildman–Crippen LogP) is 10.5. The standard InChI is InChI=1S/C26H31N3O4.C25H27Cl2N3O3.2ClH/c1-27-12-9-22(31-2)20-16-19-21(25(20)27)17-29(26(19)30)18-7-8-23(32-3)24(15-18)33-14-13-28-10-5-4-6-11-28;1-28-15-20(26)23(27)18-13-17-19(24(18)28)14-30(25(17)31)16-6-7-21(32-2)22(12-16)33-11-10-29-8-4-3-5-9-29;;/h7-9,12,15-16H,4-6,10-11,13-14,17H2,1-3H3;6-7,12-13,15H,3-5,8-11,14H2,1-2H3;2*1H. The number of carbonyl (C=O) groups excluding carboxylic acids is 2. The summed E-state index contributed by atoms with van der Waals surface area (Å²) in [6.07, 6.45) is 11.4. The molecule has 68 heavy (non-hydrogen) atoms. The molecule has 0 bridgehead atoms. The van der Waals surface area contributed by atoms with Gasteiger partial charge in [-0.15, -0.1) is 24.8 Å². The van der Waals surface area contributed by atoms with Crippen molar-refractivity contribution in [3.05, 3.63) is 99.3 Å². The Morgan fingerprint density at radius 1 is 0.529 bits per heavy atom. The zero-order valence-electron chi connectivity index (χ0n) is 39.3. The van der Waals surface area contributed by atoms with E-state index in [1.807, 2.05) is 79.5 Å². The number of aromatic nitrogens is 2. The Balaban J connectivity index is 0.000000196. The third kappa shape index (κ3) is 10.0. The van der Waals surface area contributed by atoms with Crippen molar-refractivity contribution < 1.29 is 33.3 Å². The molecule has 0 aromatic heterocycles. The van der Waals surface area contributed by atoms with Crippen LogP contribution in [-0.2, 0) is 27.2 Å². The lowest BCUT2D eigenvalue weighted by molar-refractivity contribution is 0.0989. The van der Waals surface area contributed by atoms with Crippen molar-refractivity contribution in [3.63, 3.8) is 0 Å². The number of amides is 2. The highest BCUT2D eigenvalue weighted by atomic mass is 35.5. The van der Waals surface area contributed by atoms with Gasteiger partial charge in [0, 0.05) is 96.5 Å². The van der Waals surface area contributed by atoms with Crippen LogP contribution in [0.15, 0.2) is 67.0 Å². The van der Waals surface area contributed by atoms with Crippen LogP contribution in [0, 0.1) is 0 Å². The number of hydrogen-bond acceptors (Lipinski definition) is 9. The number of methoxy groups -OCH3 is 3. The minimum absolute atomic E-state index is 0. The molecule has 2 amide bonds. The molecule has 2 aromatic carbocycles. The molecule has 2 aliphatic carbocycles. The second-order valence-corrected chi connectivity index (χ2v) is 18.2. The van der Waals surface area contributed by atoms with E-state index in [9.17, 15) is 9.59 Å². The molecule has 10 rings (SSSR count). The third-order valence-electron chi connectivity index (χ3n) is 13.4. The van der Waals surface area contributed by atoms with Crippen molar-refractivity contribution >= 4 is 71.2 Å². The number of piperidine rings is 2. The Morgan fingerprint density at radius 3 is 1.46 bits per heavy atom. The monoisotopic (exact) mass is 1010 g/mol. The van der Waals surface area contributed by atoms with Crippen LogP contribution in [0.3, 0.4) is 0 Å². The van der Waals surface area contributed by atoms with Crippen LogP contribution in [0.5, 0.6) is 28.7 Å². The van der Waals surface area contributed by atoms with Gasteiger partial charge in [-0.25, -0.2) is 0 Å². The lowest BCUT2D eigenvalue weighted by Crippen LogP contribution is -2.33. The van der Waals surface area contributed by atoms with Crippen molar-refractivity contribution in [1.82, 2.24) is 18.9 Å². The number of carbonyl (C=O) groups is 2. The topological polar surface area (TPSA) is 103 Å². The Bertz CT molecular complexity index is 2680. The Hall–Kier alpha value is -5.02. The van der Waals surface area contributed by atoms with Gasteiger partial charge >= 0.3 is 0 Å². The van der Waals surface area contributed by atoms with Gasteiger partial charge in [0.05, 0.1) is 55.9 Å². The zero-order valence-corrected chi connectivity index (χ0v) is 42.4. The Kier molecular flexibility index (Phi) is 16.6. The van der Waals surface area contributed by atoms with E-state index in [-0.39, 0.29) is 36.6 Å². The van der Waals surface area contributed by atoms with E-state index in [4.69, 9.17) is 46.9 Å². The maximum atomic E-state index is 13.4. The van der Waals surface area contributed by atoms with Crippen LogP contribution >= 0.6 is 48.0 Å². The molecule has 2 fully saturated rings. The zero-order chi connectivity index (χ0) is 46.1. The average molecular weight is 1010 g/mol. The minimum Gasteiger partial charge on any atom is -0.496 e. The molecule has 8 aliphatic rings. The van der Waals surface area contributed by atoms with Gasteiger partial charge in [0.1, 0.15) is 19.0 Å². The number of aryl methyl sites for hydroxylation is 2. The first-order valence-electron chi connectivity index (χ1n) is 22.9. The molecule has 0 atom stereocenters. The average Bonchev–Trinajstić information content (AvgIpc) is 4.09. The molecule has 364 valence electrons. The first-order valence-corrected chi connectivity index (χ1v) is 23.6. The fourth-order valence-electron chi connectivity index (χ4n) is 9.98. The molecule has 0 saturated carbocycles. The van der Waals surface area contributed by atoms with Crippen molar-refractivity contribution in [3.8, 4) is 51.3 Å². The maximum Gasteiger partial charge on any atom is 0.259 e. The maximum absolute atomic E-state index is 13.4. The fraction of sp³-hybridized carbons (Fsp3) is 0.412. The number of nitrogens with zero attached hydrogens (tertiary/aromatic N) is 6. The molecule has 2 aromatic rings. The molecule has 0 unspecified atom stereocenters. The smallest absolute Gasteiger partial charge is 0.259 e. The molecule has 0 spiro atoms. The molecule has 6 heterocycles. The van der Waals surface area contributed by atoms with Crippen LogP contribution < -0.4 is 33.5 Å². The molecule has 17 heteroatoms. The number of benzene rings is 2. The number of ether oxygens (including phenoxy) is 5. The van der Waals surface area contributed by atoms with Crippen LogP contribution in [0.4, 0.5) is 11.4 Å². The first-order chi connectivity index (χ1) is 32.1. The highest BCUT2D eigenvalue weighted by Crippen LogP contribution is 2.46. The van der Waals surface area contributed by atoms with Gasteiger partial charge in [-0.2, -0.15) is 0 Å². The number of hydrogen-bond donors (Lipinski definition) is 0. The number of likely N-dealkylation sites (tertiary alicyclic amines) is 2. The van der Waals surface area contributed by atoms with Gasteiger partial charge in [0.2, 0.25) is 0 Å². The van der Waals surface area contributed by atoms with E-state index in [1.54, 1.807) is 37.3 Å². The third-order valence-corrected chi connectivity index (χ3v) is 14.2. The van der Waals surface area contributed by atoms with Gasteiger partial charge in [-0.3, -0.25) is 19.4 Å². The number of fused-ring (bicyclic) bond motifs is 6. The van der Waals surface area contributed by atoms with Crippen LogP contribution in [0.1, 0.15) is 70.4 Å². The summed E-state index contributed by atoms with van der Waals surface area (Å²) in [7, 11) is 8.84. The van der Waals surface area contributed by atoms with E-state index < -0.39 is 0 Å². The van der Waals surface area contributed by atoms with E-state index >= 15 is 0 Å². The second kappa shape index (κ2) is 22.2. The van der Waals surface area contributed by atoms with Crippen molar-refractivity contribution in [2.24, 2.45) is 14.1 Å². The van der Waals surface area contributed by atoms with E-state index in [0.29, 0.717) is 64.9 Å². The summed E-state index contributed by atoms with van der Waals surface area (Å²) in [4.78, 5) is 35.1. The molecule has 13 nitrogen and oxygen atoms in total. The van der Waals surface area contributed by atoms with Crippen LogP contribution in [0.2, 0.25) is 10.0 Å². The number of halogens is 4. The molecular weight excluding hydrogens is 950 g/mol. The first kappa shape index (κ1) is 50.8. The van der Waals surface area contributed by atoms with Gasteiger partial charge in [-0.1, -0.05) is 36.0 Å². The lowest BCUT2D eigenvalue weighted by Gasteiger charge is -2.26. The molecule has 2 saturated heterocycles. The molecule has 6 aliphatic heterocycles. The number of pyridine rings is 2. The second-order valence-electron chi connectivity index (χ2n) is 17.4.